The van der Waals surface area contributed by atoms with Gasteiger partial charge in [0.05, 0.1) is 12.6 Å². The lowest BCUT2D eigenvalue weighted by Crippen LogP contribution is -2.20. The highest BCUT2D eigenvalue weighted by atomic mass is 15.0. The SMILES string of the molecule is c1ccc2c(c1)-c1ccccc1C2NCc1ncc[nH]1. The van der Waals surface area contributed by atoms with E-state index < -0.39 is 0 Å². The Morgan fingerprint density at radius 1 is 0.950 bits per heavy atom. The first kappa shape index (κ1) is 11.4. The molecule has 0 bridgehead atoms. The molecule has 2 N–H and O–H groups in total. The molecule has 0 fully saturated rings. The Kier molecular flexibility index (Phi) is 2.64. The first-order valence-corrected chi connectivity index (χ1v) is 6.83. The Balaban J connectivity index is 1.72. The van der Waals surface area contributed by atoms with Crippen LogP contribution in [0.2, 0.25) is 0 Å². The average Bonchev–Trinajstić information content (AvgIpc) is 3.11. The van der Waals surface area contributed by atoms with Gasteiger partial charge in [0, 0.05) is 12.4 Å². The van der Waals surface area contributed by atoms with E-state index in [1.165, 1.54) is 22.3 Å². The molecular formula is C17H15N3. The lowest BCUT2D eigenvalue weighted by atomic mass is 10.1. The van der Waals surface area contributed by atoms with Gasteiger partial charge in [0.15, 0.2) is 0 Å². The van der Waals surface area contributed by atoms with E-state index in [1.54, 1.807) is 6.20 Å². The molecule has 1 aliphatic rings. The predicted molar refractivity (Wildman–Crippen MR) is 79.1 cm³/mol. The van der Waals surface area contributed by atoms with Crippen LogP contribution in [-0.4, -0.2) is 9.97 Å². The molecule has 3 nitrogen and oxygen atoms in total. The third kappa shape index (κ3) is 1.75. The molecule has 0 unspecified atom stereocenters. The Hall–Kier alpha value is -2.39. The van der Waals surface area contributed by atoms with Crippen molar-refractivity contribution in [2.75, 3.05) is 0 Å². The van der Waals surface area contributed by atoms with E-state index in [9.17, 15) is 0 Å². The molecule has 98 valence electrons. The number of H-pyrrole nitrogens is 1. The summed E-state index contributed by atoms with van der Waals surface area (Å²) < 4.78 is 0. The van der Waals surface area contributed by atoms with Gasteiger partial charge in [-0.2, -0.15) is 0 Å². The summed E-state index contributed by atoms with van der Waals surface area (Å²) >= 11 is 0. The molecule has 2 aromatic carbocycles. The van der Waals surface area contributed by atoms with Gasteiger partial charge in [0.1, 0.15) is 5.82 Å². The van der Waals surface area contributed by atoms with Crippen molar-refractivity contribution in [2.45, 2.75) is 12.6 Å². The summed E-state index contributed by atoms with van der Waals surface area (Å²) in [5.74, 6) is 0.965. The van der Waals surface area contributed by atoms with Crippen LogP contribution in [0.3, 0.4) is 0 Å². The molecule has 3 heteroatoms. The molecule has 4 rings (SSSR count). The number of rotatable bonds is 3. The second kappa shape index (κ2) is 4.62. The zero-order valence-corrected chi connectivity index (χ0v) is 11.0. The predicted octanol–water partition coefficient (Wildman–Crippen LogP) is 3.27. The van der Waals surface area contributed by atoms with E-state index >= 15 is 0 Å². The van der Waals surface area contributed by atoms with Gasteiger partial charge < -0.3 is 4.98 Å². The number of fused-ring (bicyclic) bond motifs is 3. The molecule has 20 heavy (non-hydrogen) atoms. The number of hydrogen-bond acceptors (Lipinski definition) is 2. The Bertz CT molecular complexity index is 686. The quantitative estimate of drug-likeness (QED) is 0.759. The minimum atomic E-state index is 0.243. The molecule has 3 aromatic rings. The second-order valence-electron chi connectivity index (χ2n) is 5.02. The van der Waals surface area contributed by atoms with Crippen LogP contribution < -0.4 is 5.32 Å². The van der Waals surface area contributed by atoms with E-state index in [2.05, 4.69) is 63.8 Å². The smallest absolute Gasteiger partial charge is 0.120 e. The molecule has 0 saturated carbocycles. The molecule has 0 spiro atoms. The van der Waals surface area contributed by atoms with Crippen LogP contribution in [0.5, 0.6) is 0 Å². The highest BCUT2D eigenvalue weighted by molar-refractivity contribution is 5.78. The van der Waals surface area contributed by atoms with E-state index in [1.807, 2.05) is 6.20 Å². The molecular weight excluding hydrogens is 246 g/mol. The van der Waals surface area contributed by atoms with Gasteiger partial charge in [0.2, 0.25) is 0 Å². The molecule has 0 amide bonds. The van der Waals surface area contributed by atoms with Crippen LogP contribution in [0.25, 0.3) is 11.1 Å². The number of nitrogens with zero attached hydrogens (tertiary/aromatic N) is 1. The zero-order chi connectivity index (χ0) is 13.4. The van der Waals surface area contributed by atoms with Gasteiger partial charge in [-0.1, -0.05) is 48.5 Å². The maximum Gasteiger partial charge on any atom is 0.120 e. The minimum Gasteiger partial charge on any atom is -0.348 e. The maximum atomic E-state index is 4.27. The van der Waals surface area contributed by atoms with Gasteiger partial charge >= 0.3 is 0 Å². The van der Waals surface area contributed by atoms with E-state index in [4.69, 9.17) is 0 Å². The lowest BCUT2D eigenvalue weighted by Gasteiger charge is -2.14. The summed E-state index contributed by atoms with van der Waals surface area (Å²) in [5, 5.41) is 3.60. The number of imidazole rings is 1. The number of benzene rings is 2. The van der Waals surface area contributed by atoms with E-state index in [0.29, 0.717) is 0 Å². The topological polar surface area (TPSA) is 40.7 Å². The lowest BCUT2D eigenvalue weighted by molar-refractivity contribution is 0.599. The minimum absolute atomic E-state index is 0.243. The van der Waals surface area contributed by atoms with Crippen LogP contribution in [0.15, 0.2) is 60.9 Å². The summed E-state index contributed by atoms with van der Waals surface area (Å²) in [4.78, 5) is 7.41. The molecule has 1 aromatic heterocycles. The molecule has 0 aliphatic heterocycles. The fourth-order valence-electron chi connectivity index (χ4n) is 2.97. The monoisotopic (exact) mass is 261 g/mol. The Labute approximate surface area is 117 Å². The average molecular weight is 261 g/mol. The zero-order valence-electron chi connectivity index (χ0n) is 11.0. The standard InChI is InChI=1S/C17H15N3/c1-3-7-14-12(5-1)13-6-2-4-8-15(13)17(14)20-11-16-18-9-10-19-16/h1-10,17,20H,11H2,(H,18,19). The molecule has 0 atom stereocenters. The normalized spacial score (nSPS) is 13.2. The van der Waals surface area contributed by atoms with Gasteiger partial charge in [-0.05, 0) is 22.3 Å². The van der Waals surface area contributed by atoms with Crippen molar-refractivity contribution < 1.29 is 0 Å². The molecule has 1 heterocycles. The van der Waals surface area contributed by atoms with Crippen molar-refractivity contribution in [1.82, 2.24) is 15.3 Å². The van der Waals surface area contributed by atoms with Crippen LogP contribution in [0, 0.1) is 0 Å². The fourth-order valence-corrected chi connectivity index (χ4v) is 2.97. The number of aromatic amines is 1. The summed E-state index contributed by atoms with van der Waals surface area (Å²) in [7, 11) is 0. The second-order valence-corrected chi connectivity index (χ2v) is 5.02. The highest BCUT2D eigenvalue weighted by Gasteiger charge is 2.27. The van der Waals surface area contributed by atoms with E-state index in [0.717, 1.165) is 12.4 Å². The molecule has 0 saturated heterocycles. The number of aromatic nitrogens is 2. The summed E-state index contributed by atoms with van der Waals surface area (Å²) in [6.45, 7) is 0.736. The van der Waals surface area contributed by atoms with Crippen LogP contribution in [-0.2, 0) is 6.54 Å². The van der Waals surface area contributed by atoms with Crippen molar-refractivity contribution in [3.63, 3.8) is 0 Å². The highest BCUT2D eigenvalue weighted by Crippen LogP contribution is 2.42. The molecule has 1 aliphatic carbocycles. The molecule has 0 radical (unpaired) electrons. The van der Waals surface area contributed by atoms with Crippen molar-refractivity contribution in [1.29, 1.82) is 0 Å². The van der Waals surface area contributed by atoms with Crippen LogP contribution >= 0.6 is 0 Å². The van der Waals surface area contributed by atoms with Crippen molar-refractivity contribution in [3.05, 3.63) is 77.9 Å². The largest absolute Gasteiger partial charge is 0.348 e. The van der Waals surface area contributed by atoms with Crippen molar-refractivity contribution in [3.8, 4) is 11.1 Å². The third-order valence-corrected chi connectivity index (χ3v) is 3.86. The number of hydrogen-bond donors (Lipinski definition) is 2. The van der Waals surface area contributed by atoms with Gasteiger partial charge in [0.25, 0.3) is 0 Å². The number of nitrogens with one attached hydrogen (secondary N) is 2. The summed E-state index contributed by atoms with van der Waals surface area (Å²) in [6, 6.07) is 17.5. The van der Waals surface area contributed by atoms with E-state index in [-0.39, 0.29) is 6.04 Å². The Morgan fingerprint density at radius 3 is 2.20 bits per heavy atom. The first-order valence-electron chi connectivity index (χ1n) is 6.83. The third-order valence-electron chi connectivity index (χ3n) is 3.86. The van der Waals surface area contributed by atoms with Gasteiger partial charge in [-0.15, -0.1) is 0 Å². The van der Waals surface area contributed by atoms with Gasteiger partial charge in [-0.3, -0.25) is 5.32 Å². The van der Waals surface area contributed by atoms with Crippen molar-refractivity contribution >= 4 is 0 Å². The van der Waals surface area contributed by atoms with Crippen LogP contribution in [0.1, 0.15) is 23.0 Å². The Morgan fingerprint density at radius 2 is 1.60 bits per heavy atom. The van der Waals surface area contributed by atoms with Crippen LogP contribution in [0.4, 0.5) is 0 Å². The van der Waals surface area contributed by atoms with Gasteiger partial charge in [-0.25, -0.2) is 4.98 Å². The first-order chi connectivity index (χ1) is 9.93. The summed E-state index contributed by atoms with van der Waals surface area (Å²) in [6.07, 6.45) is 3.64. The van der Waals surface area contributed by atoms with Crippen molar-refractivity contribution in [2.24, 2.45) is 0 Å². The maximum absolute atomic E-state index is 4.27. The fraction of sp³-hybridized carbons (Fsp3) is 0.118. The summed E-state index contributed by atoms with van der Waals surface area (Å²) in [5.41, 5.74) is 5.36.